The molecule has 0 radical (unpaired) electrons. The Morgan fingerprint density at radius 3 is 2.82 bits per heavy atom. The van der Waals surface area contributed by atoms with Crippen molar-refractivity contribution in [1.82, 2.24) is 0 Å². The Morgan fingerprint density at radius 2 is 2.27 bits per heavy atom. The van der Waals surface area contributed by atoms with E-state index in [9.17, 15) is 5.11 Å². The molecule has 0 heterocycles. The van der Waals surface area contributed by atoms with Crippen LogP contribution in [0.1, 0.15) is 39.0 Å². The van der Waals surface area contributed by atoms with Crippen LogP contribution in [0, 0.1) is 5.92 Å². The van der Waals surface area contributed by atoms with Gasteiger partial charge >= 0.3 is 0 Å². The van der Waals surface area contributed by atoms with E-state index in [0.717, 1.165) is 19.3 Å². The van der Waals surface area contributed by atoms with Gasteiger partial charge in [-0.05, 0) is 31.6 Å². The van der Waals surface area contributed by atoms with Crippen LogP contribution in [-0.4, -0.2) is 17.3 Å². The first-order valence-corrected chi connectivity index (χ1v) is 4.67. The van der Waals surface area contributed by atoms with Crippen molar-refractivity contribution in [1.29, 1.82) is 0 Å². The summed E-state index contributed by atoms with van der Waals surface area (Å²) in [4.78, 5) is 0. The Balaban J connectivity index is 2.33. The summed E-state index contributed by atoms with van der Waals surface area (Å²) in [5.41, 5.74) is 5.81. The summed E-state index contributed by atoms with van der Waals surface area (Å²) in [6.07, 6.45) is 5.30. The van der Waals surface area contributed by atoms with Gasteiger partial charge in [0.2, 0.25) is 0 Å². The normalized spacial score (nSPS) is 35.2. The molecule has 1 aliphatic carbocycles. The van der Waals surface area contributed by atoms with Gasteiger partial charge in [-0.2, -0.15) is 0 Å². The van der Waals surface area contributed by atoms with Gasteiger partial charge in [0.05, 0.1) is 6.10 Å². The summed E-state index contributed by atoms with van der Waals surface area (Å²) < 4.78 is 0. The van der Waals surface area contributed by atoms with Gasteiger partial charge in [0.25, 0.3) is 0 Å². The first-order chi connectivity index (χ1) is 5.24. The fourth-order valence-electron chi connectivity index (χ4n) is 1.95. The maximum Gasteiger partial charge on any atom is 0.0566 e. The molecule has 11 heavy (non-hydrogen) atoms. The lowest BCUT2D eigenvalue weighted by molar-refractivity contribution is 0.0766. The number of nitrogens with two attached hydrogens (primary N) is 1. The highest BCUT2D eigenvalue weighted by Crippen LogP contribution is 2.26. The van der Waals surface area contributed by atoms with Crippen molar-refractivity contribution in [2.75, 3.05) is 0 Å². The topological polar surface area (TPSA) is 46.2 Å². The van der Waals surface area contributed by atoms with E-state index in [4.69, 9.17) is 5.73 Å². The minimum atomic E-state index is -0.110. The molecule has 2 heteroatoms. The monoisotopic (exact) mass is 157 g/mol. The van der Waals surface area contributed by atoms with Gasteiger partial charge in [0, 0.05) is 6.04 Å². The molecule has 0 bridgehead atoms. The molecule has 0 aromatic carbocycles. The maximum absolute atomic E-state index is 9.54. The fraction of sp³-hybridized carbons (Fsp3) is 1.00. The zero-order valence-corrected chi connectivity index (χ0v) is 7.29. The van der Waals surface area contributed by atoms with Crippen molar-refractivity contribution < 1.29 is 5.11 Å². The van der Waals surface area contributed by atoms with E-state index in [0.29, 0.717) is 12.0 Å². The van der Waals surface area contributed by atoms with Crippen molar-refractivity contribution in [2.24, 2.45) is 11.7 Å². The van der Waals surface area contributed by atoms with Crippen LogP contribution in [0.3, 0.4) is 0 Å². The third-order valence-electron chi connectivity index (χ3n) is 2.72. The maximum atomic E-state index is 9.54. The predicted octanol–water partition coefficient (Wildman–Crippen LogP) is 1.27. The molecule has 3 atom stereocenters. The zero-order chi connectivity index (χ0) is 8.27. The largest absolute Gasteiger partial charge is 0.393 e. The molecule has 0 saturated heterocycles. The van der Waals surface area contributed by atoms with Gasteiger partial charge in [0.15, 0.2) is 0 Å². The molecule has 1 saturated carbocycles. The second-order valence-corrected chi connectivity index (χ2v) is 3.66. The van der Waals surface area contributed by atoms with Crippen molar-refractivity contribution >= 4 is 0 Å². The number of aliphatic hydroxyl groups excluding tert-OH is 1. The Morgan fingerprint density at radius 1 is 1.55 bits per heavy atom. The van der Waals surface area contributed by atoms with E-state index in [1.54, 1.807) is 0 Å². The van der Waals surface area contributed by atoms with Crippen LogP contribution in [0.25, 0.3) is 0 Å². The fourth-order valence-corrected chi connectivity index (χ4v) is 1.95. The summed E-state index contributed by atoms with van der Waals surface area (Å²) in [6.45, 7) is 2.03. The molecule has 3 N–H and O–H groups in total. The highest BCUT2D eigenvalue weighted by molar-refractivity contribution is 4.78. The van der Waals surface area contributed by atoms with Gasteiger partial charge in [-0.1, -0.05) is 13.3 Å². The SMILES string of the molecule is CCC(O)[C@H]1CCC[C@@H](N)C1. The van der Waals surface area contributed by atoms with Crippen LogP contribution in [0.5, 0.6) is 0 Å². The lowest BCUT2D eigenvalue weighted by atomic mass is 9.82. The zero-order valence-electron chi connectivity index (χ0n) is 7.29. The molecular formula is C9H19NO. The van der Waals surface area contributed by atoms with E-state index < -0.39 is 0 Å². The Kier molecular flexibility index (Phi) is 3.34. The molecule has 0 aromatic heterocycles. The molecule has 1 unspecified atom stereocenters. The molecule has 1 aliphatic rings. The van der Waals surface area contributed by atoms with Crippen molar-refractivity contribution in [3.05, 3.63) is 0 Å². The molecule has 2 nitrogen and oxygen atoms in total. The average Bonchev–Trinajstić information content (AvgIpc) is 2.03. The van der Waals surface area contributed by atoms with Crippen LogP contribution in [0.2, 0.25) is 0 Å². The van der Waals surface area contributed by atoms with Gasteiger partial charge in [-0.25, -0.2) is 0 Å². The smallest absolute Gasteiger partial charge is 0.0566 e. The molecule has 1 rings (SSSR count). The molecule has 0 aliphatic heterocycles. The second-order valence-electron chi connectivity index (χ2n) is 3.66. The molecule has 0 amide bonds. The minimum Gasteiger partial charge on any atom is -0.393 e. The Labute approximate surface area is 68.8 Å². The van der Waals surface area contributed by atoms with Gasteiger partial charge in [-0.3, -0.25) is 0 Å². The van der Waals surface area contributed by atoms with E-state index in [1.807, 2.05) is 6.92 Å². The summed E-state index contributed by atoms with van der Waals surface area (Å²) in [5, 5.41) is 9.54. The van der Waals surface area contributed by atoms with Crippen LogP contribution >= 0.6 is 0 Å². The predicted molar refractivity (Wildman–Crippen MR) is 46.2 cm³/mol. The Hall–Kier alpha value is -0.0800. The van der Waals surface area contributed by atoms with Crippen molar-refractivity contribution in [2.45, 2.75) is 51.2 Å². The molecule has 0 spiro atoms. The third-order valence-corrected chi connectivity index (χ3v) is 2.72. The quantitative estimate of drug-likeness (QED) is 0.634. The average molecular weight is 157 g/mol. The van der Waals surface area contributed by atoms with Crippen molar-refractivity contribution in [3.63, 3.8) is 0 Å². The van der Waals surface area contributed by atoms with Gasteiger partial charge < -0.3 is 10.8 Å². The number of aliphatic hydroxyl groups is 1. The highest BCUT2D eigenvalue weighted by atomic mass is 16.3. The lowest BCUT2D eigenvalue weighted by Gasteiger charge is -2.29. The van der Waals surface area contributed by atoms with Gasteiger partial charge in [0.1, 0.15) is 0 Å². The molecule has 0 aromatic rings. The summed E-state index contributed by atoms with van der Waals surface area (Å²) in [5.74, 6) is 0.476. The van der Waals surface area contributed by atoms with E-state index in [1.165, 1.54) is 12.8 Å². The number of hydrogen-bond donors (Lipinski definition) is 2. The van der Waals surface area contributed by atoms with Crippen LogP contribution < -0.4 is 5.73 Å². The standard InChI is InChI=1S/C9H19NO/c1-2-9(11)7-4-3-5-8(10)6-7/h7-9,11H,2-6,10H2,1H3/t7-,8+,9?/m0/s1. The van der Waals surface area contributed by atoms with E-state index in [-0.39, 0.29) is 6.10 Å². The number of rotatable bonds is 2. The number of hydrogen-bond acceptors (Lipinski definition) is 2. The van der Waals surface area contributed by atoms with E-state index in [2.05, 4.69) is 0 Å². The summed E-state index contributed by atoms with van der Waals surface area (Å²) in [6, 6.07) is 0.343. The van der Waals surface area contributed by atoms with E-state index >= 15 is 0 Å². The molecular weight excluding hydrogens is 138 g/mol. The first kappa shape index (κ1) is 9.01. The molecule has 1 fully saturated rings. The summed E-state index contributed by atoms with van der Waals surface area (Å²) in [7, 11) is 0. The highest BCUT2D eigenvalue weighted by Gasteiger charge is 2.23. The van der Waals surface area contributed by atoms with Crippen LogP contribution in [0.15, 0.2) is 0 Å². The minimum absolute atomic E-state index is 0.110. The van der Waals surface area contributed by atoms with Crippen LogP contribution in [-0.2, 0) is 0 Å². The Bertz CT molecular complexity index is 116. The first-order valence-electron chi connectivity index (χ1n) is 4.67. The lowest BCUT2D eigenvalue weighted by Crippen LogP contribution is -2.33. The van der Waals surface area contributed by atoms with Crippen LogP contribution in [0.4, 0.5) is 0 Å². The van der Waals surface area contributed by atoms with Crippen molar-refractivity contribution in [3.8, 4) is 0 Å². The second kappa shape index (κ2) is 4.07. The molecule has 66 valence electrons. The van der Waals surface area contributed by atoms with Gasteiger partial charge in [-0.15, -0.1) is 0 Å². The summed E-state index contributed by atoms with van der Waals surface area (Å²) >= 11 is 0. The third kappa shape index (κ3) is 2.46.